The molecule has 0 fully saturated rings. The van der Waals surface area contributed by atoms with Crippen molar-refractivity contribution in [1.29, 1.82) is 0 Å². The van der Waals surface area contributed by atoms with Gasteiger partial charge in [0.1, 0.15) is 5.69 Å². The van der Waals surface area contributed by atoms with E-state index in [1.165, 1.54) is 17.0 Å². The molecule has 1 aromatic carbocycles. The van der Waals surface area contributed by atoms with Gasteiger partial charge in [-0.2, -0.15) is 0 Å². The molecule has 1 N–H and O–H groups in total. The van der Waals surface area contributed by atoms with E-state index in [4.69, 9.17) is 11.6 Å². The van der Waals surface area contributed by atoms with Gasteiger partial charge in [-0.25, -0.2) is 0 Å². The van der Waals surface area contributed by atoms with E-state index in [2.05, 4.69) is 5.32 Å². The monoisotopic (exact) mass is 271 g/mol. The number of halogens is 1. The summed E-state index contributed by atoms with van der Waals surface area (Å²) in [6, 6.07) is 2.78. The van der Waals surface area contributed by atoms with Crippen molar-refractivity contribution in [2.75, 3.05) is 26.0 Å². The molecule has 0 radical (unpaired) electrons. The Morgan fingerprint density at radius 2 is 2.11 bits per heavy atom. The van der Waals surface area contributed by atoms with Crippen LogP contribution in [-0.2, 0) is 4.79 Å². The number of carbonyl (C=O) groups excluding carboxylic acids is 1. The third-order valence-corrected chi connectivity index (χ3v) is 2.90. The molecule has 6 nitrogen and oxygen atoms in total. The zero-order valence-corrected chi connectivity index (χ0v) is 11.1. The van der Waals surface area contributed by atoms with E-state index in [-0.39, 0.29) is 23.8 Å². The van der Waals surface area contributed by atoms with Gasteiger partial charge in [0.15, 0.2) is 0 Å². The number of nitro groups is 1. The number of anilines is 1. The highest BCUT2D eigenvalue weighted by molar-refractivity contribution is 6.31. The summed E-state index contributed by atoms with van der Waals surface area (Å²) >= 11 is 5.91. The van der Waals surface area contributed by atoms with Crippen LogP contribution in [-0.4, -0.2) is 36.4 Å². The number of hydrogen-bond acceptors (Lipinski definition) is 4. The summed E-state index contributed by atoms with van der Waals surface area (Å²) in [5.74, 6) is -0.177. The predicted molar refractivity (Wildman–Crippen MR) is 70.0 cm³/mol. The van der Waals surface area contributed by atoms with Crippen molar-refractivity contribution in [3.05, 3.63) is 32.8 Å². The first-order chi connectivity index (χ1) is 8.34. The SMILES string of the molecule is Cc1c(Cl)ccc([N+](=O)[O-])c1NCC(=O)N(C)C. The van der Waals surface area contributed by atoms with Crippen LogP contribution in [0.2, 0.25) is 5.02 Å². The second-order valence-corrected chi connectivity index (χ2v) is 4.37. The highest BCUT2D eigenvalue weighted by Gasteiger charge is 2.18. The molecule has 0 aliphatic carbocycles. The maximum atomic E-state index is 11.5. The molecule has 18 heavy (non-hydrogen) atoms. The fourth-order valence-corrected chi connectivity index (χ4v) is 1.53. The van der Waals surface area contributed by atoms with Crippen molar-refractivity contribution in [2.45, 2.75) is 6.92 Å². The summed E-state index contributed by atoms with van der Waals surface area (Å²) in [4.78, 5) is 23.2. The van der Waals surface area contributed by atoms with Gasteiger partial charge in [-0.05, 0) is 18.6 Å². The lowest BCUT2D eigenvalue weighted by Crippen LogP contribution is -2.29. The van der Waals surface area contributed by atoms with Crippen molar-refractivity contribution in [3.63, 3.8) is 0 Å². The van der Waals surface area contributed by atoms with Crippen LogP contribution in [0.25, 0.3) is 0 Å². The predicted octanol–water partition coefficient (Wildman–Crippen LogP) is 2.06. The van der Waals surface area contributed by atoms with Gasteiger partial charge >= 0.3 is 0 Å². The Morgan fingerprint density at radius 3 is 2.61 bits per heavy atom. The Morgan fingerprint density at radius 1 is 1.50 bits per heavy atom. The minimum atomic E-state index is -0.508. The number of benzene rings is 1. The topological polar surface area (TPSA) is 75.5 Å². The average molecular weight is 272 g/mol. The maximum absolute atomic E-state index is 11.5. The summed E-state index contributed by atoms with van der Waals surface area (Å²) < 4.78 is 0. The normalized spacial score (nSPS) is 10.0. The first-order valence-corrected chi connectivity index (χ1v) is 5.60. The molecule has 98 valence electrons. The standard InChI is InChI=1S/C11H14ClN3O3/c1-7-8(12)4-5-9(15(17)18)11(7)13-6-10(16)14(2)3/h4-5,13H,6H2,1-3H3. The van der Waals surface area contributed by atoms with Crippen molar-refractivity contribution >= 4 is 28.9 Å². The van der Waals surface area contributed by atoms with Gasteiger partial charge in [0, 0.05) is 25.2 Å². The lowest BCUT2D eigenvalue weighted by atomic mass is 10.1. The fraction of sp³-hybridized carbons (Fsp3) is 0.364. The van der Waals surface area contributed by atoms with E-state index in [0.29, 0.717) is 10.6 Å². The van der Waals surface area contributed by atoms with E-state index in [9.17, 15) is 14.9 Å². The molecule has 1 amide bonds. The molecule has 0 atom stereocenters. The number of nitro benzene ring substituents is 1. The van der Waals surface area contributed by atoms with Crippen LogP contribution in [0.3, 0.4) is 0 Å². The number of carbonyl (C=O) groups is 1. The number of likely N-dealkylation sites (N-methyl/N-ethyl adjacent to an activating group) is 1. The number of nitrogens with zero attached hydrogens (tertiary/aromatic N) is 2. The first kappa shape index (κ1) is 14.2. The van der Waals surface area contributed by atoms with Crippen LogP contribution in [0.5, 0.6) is 0 Å². The van der Waals surface area contributed by atoms with Gasteiger partial charge in [-0.1, -0.05) is 11.6 Å². The van der Waals surface area contributed by atoms with E-state index in [1.54, 1.807) is 21.0 Å². The highest BCUT2D eigenvalue weighted by atomic mass is 35.5. The minimum absolute atomic E-state index is 0.0188. The molecule has 0 unspecified atom stereocenters. The zero-order chi connectivity index (χ0) is 13.9. The lowest BCUT2D eigenvalue weighted by Gasteiger charge is -2.14. The molecule has 1 rings (SSSR count). The third kappa shape index (κ3) is 3.10. The van der Waals surface area contributed by atoms with Crippen molar-refractivity contribution in [2.24, 2.45) is 0 Å². The van der Waals surface area contributed by atoms with E-state index >= 15 is 0 Å². The van der Waals surface area contributed by atoms with E-state index in [1.807, 2.05) is 0 Å². The average Bonchev–Trinajstić information content (AvgIpc) is 2.29. The van der Waals surface area contributed by atoms with Crippen LogP contribution in [0.15, 0.2) is 12.1 Å². The largest absolute Gasteiger partial charge is 0.370 e. The van der Waals surface area contributed by atoms with Crippen molar-refractivity contribution in [3.8, 4) is 0 Å². The lowest BCUT2D eigenvalue weighted by molar-refractivity contribution is -0.384. The Hall–Kier alpha value is -1.82. The quantitative estimate of drug-likeness (QED) is 0.672. The summed E-state index contributed by atoms with van der Waals surface area (Å²) in [7, 11) is 3.23. The number of nitrogens with one attached hydrogen (secondary N) is 1. The Labute approximate surface area is 110 Å². The molecule has 0 aliphatic rings. The van der Waals surface area contributed by atoms with E-state index in [0.717, 1.165) is 0 Å². The smallest absolute Gasteiger partial charge is 0.292 e. The summed E-state index contributed by atoms with van der Waals surface area (Å²) in [5, 5.41) is 14.1. The molecular formula is C11H14ClN3O3. The molecule has 0 heterocycles. The Bertz CT molecular complexity index is 489. The van der Waals surface area contributed by atoms with Crippen LogP contribution < -0.4 is 5.32 Å². The second-order valence-electron chi connectivity index (χ2n) is 3.97. The Balaban J connectivity index is 3.03. The van der Waals surface area contributed by atoms with Gasteiger partial charge in [0.2, 0.25) is 5.91 Å². The zero-order valence-electron chi connectivity index (χ0n) is 10.4. The molecule has 0 aromatic heterocycles. The number of hydrogen-bond donors (Lipinski definition) is 1. The van der Waals surface area contributed by atoms with Gasteiger partial charge in [0.05, 0.1) is 11.5 Å². The minimum Gasteiger partial charge on any atom is -0.370 e. The van der Waals surface area contributed by atoms with Crippen molar-refractivity contribution < 1.29 is 9.72 Å². The van der Waals surface area contributed by atoms with Crippen LogP contribution in [0, 0.1) is 17.0 Å². The molecule has 0 saturated heterocycles. The van der Waals surface area contributed by atoms with Gasteiger partial charge < -0.3 is 10.2 Å². The van der Waals surface area contributed by atoms with Crippen molar-refractivity contribution in [1.82, 2.24) is 4.90 Å². The molecule has 7 heteroatoms. The highest BCUT2D eigenvalue weighted by Crippen LogP contribution is 2.32. The number of rotatable bonds is 4. The summed E-state index contributed by atoms with van der Waals surface area (Å²) in [6.45, 7) is 1.65. The van der Waals surface area contributed by atoms with Gasteiger partial charge in [0.25, 0.3) is 5.69 Å². The molecule has 1 aromatic rings. The molecule has 0 spiro atoms. The molecular weight excluding hydrogens is 258 g/mol. The number of amides is 1. The fourth-order valence-electron chi connectivity index (χ4n) is 1.37. The van der Waals surface area contributed by atoms with Gasteiger partial charge in [-0.15, -0.1) is 0 Å². The molecule has 0 bridgehead atoms. The summed E-state index contributed by atoms with van der Waals surface area (Å²) in [6.07, 6.45) is 0. The van der Waals surface area contributed by atoms with Gasteiger partial charge in [-0.3, -0.25) is 14.9 Å². The summed E-state index contributed by atoms with van der Waals surface area (Å²) in [5.41, 5.74) is 0.739. The van der Waals surface area contributed by atoms with Crippen LogP contribution in [0.4, 0.5) is 11.4 Å². The maximum Gasteiger partial charge on any atom is 0.292 e. The molecule has 0 aliphatic heterocycles. The Kier molecular flexibility index (Phi) is 4.49. The molecule has 0 saturated carbocycles. The first-order valence-electron chi connectivity index (χ1n) is 5.22. The van der Waals surface area contributed by atoms with Crippen LogP contribution >= 0.6 is 11.6 Å². The second kappa shape index (κ2) is 5.68. The van der Waals surface area contributed by atoms with Crippen LogP contribution in [0.1, 0.15) is 5.56 Å². The third-order valence-electron chi connectivity index (χ3n) is 2.49. The van der Waals surface area contributed by atoms with E-state index < -0.39 is 4.92 Å².